The molecule has 110 valence electrons. The summed E-state index contributed by atoms with van der Waals surface area (Å²) in [4.78, 5) is 0. The van der Waals surface area contributed by atoms with Gasteiger partial charge in [-0.1, -0.05) is 12.1 Å². The zero-order valence-electron chi connectivity index (χ0n) is 10.0. The molecule has 0 aliphatic carbocycles. The third-order valence-corrected chi connectivity index (χ3v) is 2.37. The molecule has 8 heteroatoms. The number of ether oxygens (including phenoxy) is 1. The van der Waals surface area contributed by atoms with Crippen molar-refractivity contribution in [2.24, 2.45) is 0 Å². The summed E-state index contributed by atoms with van der Waals surface area (Å²) in [7, 11) is 0. The van der Waals surface area contributed by atoms with Gasteiger partial charge in [0.25, 0.3) is 0 Å². The molecular weight excluding hydrogens is 282 g/mol. The van der Waals surface area contributed by atoms with Crippen LogP contribution in [-0.4, -0.2) is 28.9 Å². The van der Waals surface area contributed by atoms with Gasteiger partial charge >= 0.3 is 12.5 Å². The molecule has 0 spiro atoms. The van der Waals surface area contributed by atoms with E-state index in [1.807, 2.05) is 0 Å². The van der Waals surface area contributed by atoms with Crippen LogP contribution in [0.5, 0.6) is 5.75 Å². The molecule has 2 unspecified atom stereocenters. The first-order valence-corrected chi connectivity index (χ1v) is 5.46. The second-order valence-corrected chi connectivity index (χ2v) is 3.91. The van der Waals surface area contributed by atoms with E-state index in [9.17, 15) is 27.8 Å². The highest BCUT2D eigenvalue weighted by atomic mass is 19.3. The van der Waals surface area contributed by atoms with Crippen molar-refractivity contribution in [3.05, 3.63) is 29.8 Å². The zero-order valence-corrected chi connectivity index (χ0v) is 10.0. The molecule has 0 fully saturated rings. The van der Waals surface area contributed by atoms with Crippen LogP contribution in [0.4, 0.5) is 17.6 Å². The largest absolute Gasteiger partial charge is 0.461 e. The van der Waals surface area contributed by atoms with Crippen molar-refractivity contribution in [3.8, 4) is 11.8 Å². The predicted molar refractivity (Wildman–Crippen MR) is 59.2 cm³/mol. The molecule has 20 heavy (non-hydrogen) atoms. The van der Waals surface area contributed by atoms with Crippen molar-refractivity contribution >= 4 is 0 Å². The number of hydrogen-bond acceptors (Lipinski definition) is 4. The third kappa shape index (κ3) is 4.08. The minimum Gasteiger partial charge on any atom is -0.428 e. The smallest absolute Gasteiger partial charge is 0.428 e. The van der Waals surface area contributed by atoms with Crippen LogP contribution in [0, 0.1) is 11.3 Å². The van der Waals surface area contributed by atoms with Gasteiger partial charge in [0.05, 0.1) is 18.6 Å². The summed E-state index contributed by atoms with van der Waals surface area (Å²) < 4.78 is 53.3. The lowest BCUT2D eigenvalue weighted by atomic mass is 10.0. The third-order valence-electron chi connectivity index (χ3n) is 2.37. The Bertz CT molecular complexity index is 490. The maximum Gasteiger partial charge on any atom is 0.461 e. The molecule has 0 bridgehead atoms. The summed E-state index contributed by atoms with van der Waals surface area (Å²) in [6.07, 6.45) is -12.0. The fourth-order valence-electron chi connectivity index (χ4n) is 1.39. The summed E-state index contributed by atoms with van der Waals surface area (Å²) in [5, 5.41) is 27.4. The van der Waals surface area contributed by atoms with E-state index in [1.165, 1.54) is 12.1 Å². The number of aliphatic hydroxyl groups is 2. The first-order valence-electron chi connectivity index (χ1n) is 5.46. The molecule has 0 saturated heterocycles. The number of alkyl halides is 4. The summed E-state index contributed by atoms with van der Waals surface area (Å²) in [5.74, 6) is -0.587. The fourth-order valence-corrected chi connectivity index (χ4v) is 1.39. The molecule has 0 radical (unpaired) electrons. The highest BCUT2D eigenvalue weighted by Crippen LogP contribution is 2.29. The van der Waals surface area contributed by atoms with Crippen molar-refractivity contribution in [3.63, 3.8) is 0 Å². The first-order chi connectivity index (χ1) is 9.27. The van der Waals surface area contributed by atoms with Crippen LogP contribution in [0.3, 0.4) is 0 Å². The van der Waals surface area contributed by atoms with Gasteiger partial charge in [-0.25, -0.2) is 0 Å². The van der Waals surface area contributed by atoms with E-state index >= 15 is 0 Å². The van der Waals surface area contributed by atoms with E-state index in [1.54, 1.807) is 6.07 Å². The molecule has 0 aromatic heterocycles. The van der Waals surface area contributed by atoms with E-state index < -0.39 is 30.5 Å². The molecule has 4 nitrogen and oxygen atoms in total. The van der Waals surface area contributed by atoms with Gasteiger partial charge in [-0.3, -0.25) is 0 Å². The highest BCUT2D eigenvalue weighted by Gasteiger charge is 2.44. The van der Waals surface area contributed by atoms with Crippen molar-refractivity contribution in [2.45, 2.75) is 31.2 Å². The molecular formula is C12H11F4NO3. The molecule has 1 aromatic rings. The summed E-state index contributed by atoms with van der Waals surface area (Å²) in [6, 6.07) is 5.98. The molecule has 1 aromatic carbocycles. The minimum absolute atomic E-state index is 0.0321. The van der Waals surface area contributed by atoms with E-state index in [0.29, 0.717) is 0 Å². The van der Waals surface area contributed by atoms with Crippen LogP contribution in [0.15, 0.2) is 24.3 Å². The standard InChI is InChI=1S/C12H11F4NO3/c13-11(14)12(15,16)20-8-3-1-2-7(6-8)10(19)9(18)4-5-17/h1-3,6,9-11,18-19H,4H2. The van der Waals surface area contributed by atoms with Gasteiger partial charge in [0.1, 0.15) is 11.9 Å². The summed E-state index contributed by atoms with van der Waals surface area (Å²) >= 11 is 0. The monoisotopic (exact) mass is 293 g/mol. The van der Waals surface area contributed by atoms with Crippen LogP contribution in [0.1, 0.15) is 18.1 Å². The number of benzene rings is 1. The van der Waals surface area contributed by atoms with Gasteiger partial charge in [-0.2, -0.15) is 22.8 Å². The predicted octanol–water partition coefficient (Wildman–Crippen LogP) is 2.23. The molecule has 0 saturated carbocycles. The molecule has 0 aliphatic heterocycles. The van der Waals surface area contributed by atoms with Crippen LogP contribution >= 0.6 is 0 Å². The van der Waals surface area contributed by atoms with Gasteiger partial charge in [0.15, 0.2) is 0 Å². The number of nitrogens with zero attached hydrogens (tertiary/aromatic N) is 1. The van der Waals surface area contributed by atoms with E-state index in [0.717, 1.165) is 12.1 Å². The Kier molecular flexibility index (Phi) is 5.30. The van der Waals surface area contributed by atoms with Crippen LogP contribution in [0.25, 0.3) is 0 Å². The minimum atomic E-state index is -4.66. The van der Waals surface area contributed by atoms with E-state index in [2.05, 4.69) is 4.74 Å². The number of halogens is 4. The number of rotatable bonds is 6. The summed E-state index contributed by atoms with van der Waals surface area (Å²) in [6.45, 7) is 0. The second kappa shape index (κ2) is 6.54. The maximum atomic E-state index is 12.7. The Hall–Kier alpha value is -1.85. The Balaban J connectivity index is 2.89. The molecule has 1 rings (SSSR count). The lowest BCUT2D eigenvalue weighted by molar-refractivity contribution is -0.253. The Morgan fingerprint density at radius 3 is 2.50 bits per heavy atom. The maximum absolute atomic E-state index is 12.7. The quantitative estimate of drug-likeness (QED) is 0.789. The highest BCUT2D eigenvalue weighted by molar-refractivity contribution is 5.30. The van der Waals surface area contributed by atoms with Gasteiger partial charge in [-0.05, 0) is 17.7 Å². The summed E-state index contributed by atoms with van der Waals surface area (Å²) in [5.41, 5.74) is -0.0321. The zero-order chi connectivity index (χ0) is 15.3. The Morgan fingerprint density at radius 1 is 1.30 bits per heavy atom. The van der Waals surface area contributed by atoms with Crippen LogP contribution in [0.2, 0.25) is 0 Å². The van der Waals surface area contributed by atoms with Gasteiger partial charge < -0.3 is 14.9 Å². The average Bonchev–Trinajstić information content (AvgIpc) is 2.37. The molecule has 0 aliphatic rings. The van der Waals surface area contributed by atoms with E-state index in [-0.39, 0.29) is 12.0 Å². The lowest BCUT2D eigenvalue weighted by Crippen LogP contribution is -2.33. The number of aliphatic hydroxyl groups excluding tert-OH is 2. The average molecular weight is 293 g/mol. The van der Waals surface area contributed by atoms with Crippen molar-refractivity contribution < 1.29 is 32.5 Å². The van der Waals surface area contributed by atoms with Crippen LogP contribution < -0.4 is 4.74 Å². The lowest BCUT2D eigenvalue weighted by Gasteiger charge is -2.19. The van der Waals surface area contributed by atoms with E-state index in [4.69, 9.17) is 5.26 Å². The topological polar surface area (TPSA) is 73.5 Å². The van der Waals surface area contributed by atoms with Crippen molar-refractivity contribution in [1.29, 1.82) is 5.26 Å². The normalized spacial score (nSPS) is 14.7. The molecule has 2 atom stereocenters. The Labute approximate surface area is 111 Å². The van der Waals surface area contributed by atoms with Gasteiger partial charge in [0.2, 0.25) is 0 Å². The molecule has 0 heterocycles. The Morgan fingerprint density at radius 2 is 1.95 bits per heavy atom. The number of nitriles is 1. The SMILES string of the molecule is N#CCC(O)C(O)c1cccc(OC(F)(F)C(F)F)c1. The fraction of sp³-hybridized carbons (Fsp3) is 0.417. The first kappa shape index (κ1) is 16.2. The van der Waals surface area contributed by atoms with Crippen molar-refractivity contribution in [1.82, 2.24) is 0 Å². The van der Waals surface area contributed by atoms with Gasteiger partial charge in [0, 0.05) is 0 Å². The molecule has 0 amide bonds. The number of hydrogen-bond donors (Lipinski definition) is 2. The van der Waals surface area contributed by atoms with Crippen LogP contribution in [-0.2, 0) is 0 Å². The molecule has 2 N–H and O–H groups in total. The van der Waals surface area contributed by atoms with Crippen molar-refractivity contribution in [2.75, 3.05) is 0 Å². The van der Waals surface area contributed by atoms with Gasteiger partial charge in [-0.15, -0.1) is 0 Å². The second-order valence-electron chi connectivity index (χ2n) is 3.91.